The van der Waals surface area contributed by atoms with Gasteiger partial charge in [0.15, 0.2) is 5.78 Å². The maximum absolute atomic E-state index is 12.3. The highest BCUT2D eigenvalue weighted by Crippen LogP contribution is 2.21. The van der Waals surface area contributed by atoms with Gasteiger partial charge in [0, 0.05) is 40.4 Å². The third kappa shape index (κ3) is 10.7. The highest BCUT2D eigenvalue weighted by Gasteiger charge is 2.15. The summed E-state index contributed by atoms with van der Waals surface area (Å²) in [7, 11) is 0. The number of ketones is 3. The molecular formula is C29H38BrNO4. The molecule has 0 spiro atoms. The number of hydrogen-bond donors (Lipinski definition) is 1. The van der Waals surface area contributed by atoms with Crippen molar-refractivity contribution in [3.05, 3.63) is 63.6 Å². The molecule has 0 bridgehead atoms. The Balaban J connectivity index is 0.000000471. The van der Waals surface area contributed by atoms with Crippen molar-refractivity contribution < 1.29 is 19.2 Å². The maximum Gasteiger partial charge on any atom is 0.228 e. The Morgan fingerprint density at radius 2 is 1.60 bits per heavy atom. The number of benzene rings is 2. The first kappa shape index (κ1) is 30.4. The van der Waals surface area contributed by atoms with Crippen molar-refractivity contribution >= 4 is 44.9 Å². The van der Waals surface area contributed by atoms with Crippen LogP contribution in [0.25, 0.3) is 0 Å². The number of anilines is 1. The molecule has 1 amide bonds. The minimum absolute atomic E-state index is 0.0360. The van der Waals surface area contributed by atoms with Gasteiger partial charge in [-0.05, 0) is 55.2 Å². The van der Waals surface area contributed by atoms with Crippen molar-refractivity contribution in [2.45, 2.75) is 73.6 Å². The number of halogens is 1. The van der Waals surface area contributed by atoms with Gasteiger partial charge in [-0.15, -0.1) is 0 Å². The van der Waals surface area contributed by atoms with Gasteiger partial charge >= 0.3 is 0 Å². The number of hydrogen-bond acceptors (Lipinski definition) is 4. The average molecular weight is 545 g/mol. The molecule has 0 fully saturated rings. The van der Waals surface area contributed by atoms with Crippen LogP contribution in [0.4, 0.5) is 5.69 Å². The summed E-state index contributed by atoms with van der Waals surface area (Å²) in [6.45, 7) is 11.1. The molecule has 35 heavy (non-hydrogen) atoms. The Morgan fingerprint density at radius 1 is 0.943 bits per heavy atom. The molecule has 1 unspecified atom stereocenters. The van der Waals surface area contributed by atoms with E-state index in [0.29, 0.717) is 25.7 Å². The molecule has 0 aliphatic heterocycles. The summed E-state index contributed by atoms with van der Waals surface area (Å²) in [6, 6.07) is 13.2. The molecule has 6 heteroatoms. The van der Waals surface area contributed by atoms with Gasteiger partial charge in [0.2, 0.25) is 5.91 Å². The Bertz CT molecular complexity index is 1030. The monoisotopic (exact) mass is 543 g/mol. The number of Topliss-reactive ketones (excluding diaryl/α,β-unsaturated/α-hetero) is 3. The second-order valence-electron chi connectivity index (χ2n) is 9.00. The molecule has 2 rings (SSSR count). The van der Waals surface area contributed by atoms with Crippen molar-refractivity contribution in [3.8, 4) is 0 Å². The van der Waals surface area contributed by atoms with Crippen LogP contribution in [0.2, 0.25) is 0 Å². The molecule has 0 aliphatic rings. The van der Waals surface area contributed by atoms with Gasteiger partial charge in [-0.2, -0.15) is 0 Å². The lowest BCUT2D eigenvalue weighted by Gasteiger charge is -2.12. The van der Waals surface area contributed by atoms with Gasteiger partial charge in [-0.1, -0.05) is 68.7 Å². The smallest absolute Gasteiger partial charge is 0.228 e. The van der Waals surface area contributed by atoms with Crippen LogP contribution in [-0.4, -0.2) is 23.3 Å². The van der Waals surface area contributed by atoms with Crippen LogP contribution in [0.3, 0.4) is 0 Å². The van der Waals surface area contributed by atoms with Crippen LogP contribution in [0.15, 0.2) is 46.9 Å². The number of amides is 1. The number of carbonyl (C=O) groups is 4. The molecule has 1 N–H and O–H groups in total. The van der Waals surface area contributed by atoms with E-state index in [1.165, 1.54) is 0 Å². The molecule has 0 heterocycles. The lowest BCUT2D eigenvalue weighted by atomic mass is 9.95. The van der Waals surface area contributed by atoms with Crippen molar-refractivity contribution in [3.63, 3.8) is 0 Å². The summed E-state index contributed by atoms with van der Waals surface area (Å²) in [5, 5.41) is 2.92. The van der Waals surface area contributed by atoms with Gasteiger partial charge in [0.05, 0.1) is 6.42 Å². The van der Waals surface area contributed by atoms with Crippen LogP contribution in [0, 0.1) is 11.8 Å². The van der Waals surface area contributed by atoms with E-state index in [1.807, 2.05) is 71.0 Å². The Morgan fingerprint density at radius 3 is 2.14 bits per heavy atom. The van der Waals surface area contributed by atoms with Gasteiger partial charge in [0.25, 0.3) is 0 Å². The summed E-state index contributed by atoms with van der Waals surface area (Å²) in [6.07, 6.45) is 2.90. The van der Waals surface area contributed by atoms with E-state index in [0.717, 1.165) is 33.3 Å². The first-order valence-electron chi connectivity index (χ1n) is 12.2. The largest absolute Gasteiger partial charge is 0.326 e. The second-order valence-corrected chi connectivity index (χ2v) is 9.86. The summed E-state index contributed by atoms with van der Waals surface area (Å²) < 4.78 is 0.923. The molecule has 190 valence electrons. The topological polar surface area (TPSA) is 80.3 Å². The zero-order valence-corrected chi connectivity index (χ0v) is 23.3. The molecule has 0 radical (unpaired) electrons. The summed E-state index contributed by atoms with van der Waals surface area (Å²) >= 11 is 3.45. The van der Waals surface area contributed by atoms with Crippen LogP contribution < -0.4 is 5.32 Å². The molecular weight excluding hydrogens is 506 g/mol. The highest BCUT2D eigenvalue weighted by molar-refractivity contribution is 9.10. The lowest BCUT2D eigenvalue weighted by Crippen LogP contribution is -2.16. The third-order valence-electron chi connectivity index (χ3n) is 5.81. The third-order valence-corrected chi connectivity index (χ3v) is 6.59. The Kier molecular flexibility index (Phi) is 13.4. The zero-order valence-electron chi connectivity index (χ0n) is 21.7. The lowest BCUT2D eigenvalue weighted by molar-refractivity contribution is -0.121. The summed E-state index contributed by atoms with van der Waals surface area (Å²) in [4.78, 5) is 46.1. The fourth-order valence-corrected chi connectivity index (χ4v) is 3.72. The van der Waals surface area contributed by atoms with Gasteiger partial charge < -0.3 is 5.32 Å². The van der Waals surface area contributed by atoms with Crippen LogP contribution >= 0.6 is 15.9 Å². The fourth-order valence-electron chi connectivity index (χ4n) is 3.29. The van der Waals surface area contributed by atoms with E-state index in [4.69, 9.17) is 0 Å². The van der Waals surface area contributed by atoms with E-state index in [-0.39, 0.29) is 35.1 Å². The molecule has 2 aromatic carbocycles. The molecule has 0 saturated heterocycles. The summed E-state index contributed by atoms with van der Waals surface area (Å²) in [5.41, 5.74) is 3.38. The molecule has 0 aromatic heterocycles. The van der Waals surface area contributed by atoms with Crippen LogP contribution in [-0.2, 0) is 27.2 Å². The second kappa shape index (κ2) is 15.4. The summed E-state index contributed by atoms with van der Waals surface area (Å²) in [5.74, 6) is 0.494. The van der Waals surface area contributed by atoms with Crippen LogP contribution in [0.1, 0.15) is 82.3 Å². The Hall–Kier alpha value is -2.60. The van der Waals surface area contributed by atoms with E-state index >= 15 is 0 Å². The number of rotatable bonds is 11. The van der Waals surface area contributed by atoms with Crippen molar-refractivity contribution in [1.29, 1.82) is 0 Å². The quantitative estimate of drug-likeness (QED) is 0.309. The highest BCUT2D eigenvalue weighted by atomic mass is 79.9. The fraction of sp³-hybridized carbons (Fsp3) is 0.448. The number of carbonyl (C=O) groups excluding carboxylic acids is 4. The van der Waals surface area contributed by atoms with E-state index in [2.05, 4.69) is 21.2 Å². The predicted octanol–water partition coefficient (Wildman–Crippen LogP) is 7.00. The average Bonchev–Trinajstić information content (AvgIpc) is 2.83. The van der Waals surface area contributed by atoms with E-state index in [9.17, 15) is 19.2 Å². The SMILES string of the molecule is CCC(=O)CCC(C)C(C)=O.CCc1cc(NC(=O)Cc2ccccc2Br)ccc1C(=O)C(C)C. The number of aryl methyl sites for hydroxylation is 1. The molecule has 1 atom stereocenters. The minimum Gasteiger partial charge on any atom is -0.326 e. The van der Waals surface area contributed by atoms with Gasteiger partial charge in [0.1, 0.15) is 11.6 Å². The van der Waals surface area contributed by atoms with Crippen molar-refractivity contribution in [1.82, 2.24) is 0 Å². The minimum atomic E-state index is -0.0770. The molecule has 2 aromatic rings. The molecule has 0 saturated carbocycles. The number of nitrogens with one attached hydrogen (secondary N) is 1. The first-order valence-corrected chi connectivity index (χ1v) is 13.0. The van der Waals surface area contributed by atoms with Crippen molar-refractivity contribution in [2.75, 3.05) is 5.32 Å². The van der Waals surface area contributed by atoms with E-state index in [1.54, 1.807) is 13.0 Å². The van der Waals surface area contributed by atoms with Gasteiger partial charge in [-0.3, -0.25) is 19.2 Å². The first-order chi connectivity index (χ1) is 16.5. The molecule has 0 aliphatic carbocycles. The predicted molar refractivity (Wildman–Crippen MR) is 146 cm³/mol. The molecule has 5 nitrogen and oxygen atoms in total. The maximum atomic E-state index is 12.3. The Labute approximate surface area is 218 Å². The van der Waals surface area contributed by atoms with E-state index < -0.39 is 0 Å². The van der Waals surface area contributed by atoms with Crippen molar-refractivity contribution in [2.24, 2.45) is 11.8 Å². The normalized spacial score (nSPS) is 11.3. The zero-order chi connectivity index (χ0) is 26.5. The standard InChI is InChI=1S/C20H22BrNO2.C9H16O2/c1-4-14-11-16(9-10-17(14)20(24)13(2)3)22-19(23)12-15-7-5-6-8-18(15)21;1-4-9(11)6-5-7(2)8(3)10/h5-11,13H,4,12H2,1-3H3,(H,22,23);7H,4-6H2,1-3H3. The van der Waals surface area contributed by atoms with Crippen LogP contribution in [0.5, 0.6) is 0 Å². The van der Waals surface area contributed by atoms with Gasteiger partial charge in [-0.25, -0.2) is 0 Å².